The van der Waals surface area contributed by atoms with Crippen LogP contribution in [0.4, 0.5) is 0 Å². The quantitative estimate of drug-likeness (QED) is 0.768. The molecule has 108 valence electrons. The Bertz CT molecular complexity index is 297. The number of carbonyl (C=O) groups excluding carboxylic acids is 4. The molecule has 4 heteroatoms. The summed E-state index contributed by atoms with van der Waals surface area (Å²) in [5.74, 6) is -0.306. The maximum atomic E-state index is 9.96. The summed E-state index contributed by atoms with van der Waals surface area (Å²) in [7, 11) is 0. The van der Waals surface area contributed by atoms with Gasteiger partial charge in [-0.2, -0.15) is 0 Å². The van der Waals surface area contributed by atoms with Crippen LogP contribution in [0.15, 0.2) is 0 Å². The minimum Gasteiger partial charge on any atom is -0.300 e. The second kappa shape index (κ2) is 21.0. The van der Waals surface area contributed by atoms with Crippen LogP contribution in [0.25, 0.3) is 0 Å². The predicted octanol–water partition coefficient (Wildman–Crippen LogP) is 3.16. The zero-order valence-corrected chi connectivity index (χ0v) is 12.2. The van der Waals surface area contributed by atoms with Gasteiger partial charge >= 0.3 is 0 Å². The molecule has 0 bridgehead atoms. The zero-order chi connectivity index (χ0) is 18.9. The van der Waals surface area contributed by atoms with Crippen molar-refractivity contribution in [1.82, 2.24) is 0 Å². The Morgan fingerprint density at radius 2 is 0.889 bits per heavy atom. The second-order valence-electron chi connectivity index (χ2n) is 3.20. The number of Topliss-reactive ketones (excluding diaryl/α,β-unsaturated/α-hetero) is 4. The van der Waals surface area contributed by atoms with Gasteiger partial charge in [0.2, 0.25) is 0 Å². The molecule has 0 saturated carbocycles. The predicted molar refractivity (Wildman–Crippen MR) is 74.7 cm³/mol. The molecule has 0 rings (SSSR count). The lowest BCUT2D eigenvalue weighted by molar-refractivity contribution is -0.117. The summed E-state index contributed by atoms with van der Waals surface area (Å²) in [5, 5.41) is 0. The topological polar surface area (TPSA) is 68.3 Å². The van der Waals surface area contributed by atoms with Crippen LogP contribution in [-0.2, 0) is 19.2 Å². The van der Waals surface area contributed by atoms with E-state index in [4.69, 9.17) is 5.48 Å². The van der Waals surface area contributed by atoms with E-state index in [1.165, 1.54) is 27.7 Å². The van der Waals surface area contributed by atoms with E-state index in [0.717, 1.165) is 0 Å². The van der Waals surface area contributed by atoms with Crippen molar-refractivity contribution < 1.29 is 24.7 Å². The van der Waals surface area contributed by atoms with Crippen LogP contribution in [-0.4, -0.2) is 23.1 Å². The number of hydrogen-bond donors (Lipinski definition) is 0. The molecular weight excluding hydrogens is 232 g/mol. The Morgan fingerprint density at radius 1 is 0.778 bits per heavy atom. The van der Waals surface area contributed by atoms with Crippen molar-refractivity contribution in [2.45, 2.75) is 68.1 Å². The van der Waals surface area contributed by atoms with E-state index in [0.29, 0.717) is 0 Å². The highest BCUT2D eigenvalue weighted by Gasteiger charge is 1.77. The Kier molecular flexibility index (Phi) is 17.2. The van der Waals surface area contributed by atoms with Crippen molar-refractivity contribution in [3.8, 4) is 0 Å². The summed E-state index contributed by atoms with van der Waals surface area (Å²) in [6.07, 6.45) is -1.07. The fourth-order valence-electron chi connectivity index (χ4n) is 0. The van der Waals surface area contributed by atoms with Crippen LogP contribution in [0.2, 0.25) is 0 Å². The van der Waals surface area contributed by atoms with Crippen LogP contribution in [0, 0.1) is 0 Å². The highest BCUT2D eigenvalue weighted by Crippen LogP contribution is 1.72. The molecule has 0 aliphatic rings. The average molecular weight is 264 g/mol. The number of hydrogen-bond acceptors (Lipinski definition) is 4. The maximum Gasteiger partial charge on any atom is 0.129 e. The maximum absolute atomic E-state index is 9.96. The Labute approximate surface area is 117 Å². The summed E-state index contributed by atoms with van der Waals surface area (Å²) in [5.41, 5.74) is 0. The lowest BCUT2D eigenvalue weighted by atomic mass is 10.4. The van der Waals surface area contributed by atoms with Crippen molar-refractivity contribution in [2.24, 2.45) is 0 Å². The van der Waals surface area contributed by atoms with Crippen molar-refractivity contribution in [1.29, 1.82) is 0 Å². The molecule has 0 N–H and O–H groups in total. The van der Waals surface area contributed by atoms with Crippen LogP contribution in [0.1, 0.15) is 73.6 Å². The van der Waals surface area contributed by atoms with Crippen molar-refractivity contribution >= 4 is 23.1 Å². The van der Waals surface area contributed by atoms with Gasteiger partial charge in [0.05, 0.1) is 0 Å². The highest BCUT2D eigenvalue weighted by atomic mass is 16.1. The van der Waals surface area contributed by atoms with Gasteiger partial charge in [0.15, 0.2) is 0 Å². The van der Waals surface area contributed by atoms with Crippen LogP contribution in [0.3, 0.4) is 0 Å². The molecule has 0 radical (unpaired) electrons. The van der Waals surface area contributed by atoms with Gasteiger partial charge in [0.1, 0.15) is 23.1 Å². The molecule has 0 aromatic carbocycles. The second-order valence-corrected chi connectivity index (χ2v) is 3.20. The summed E-state index contributed by atoms with van der Waals surface area (Å²) < 4.78 is 26.0. The molecule has 0 amide bonds. The molecule has 2 unspecified atom stereocenters. The molecule has 0 fully saturated rings. The van der Waals surface area contributed by atoms with Gasteiger partial charge in [0, 0.05) is 18.3 Å². The average Bonchev–Trinajstić information content (AvgIpc) is 2.40. The third kappa shape index (κ3) is 382. The molecular formula is C14H28O4. The SMILES string of the molecule is [2H]C(C)C(C)=O.[2H]C(C)C(C)=O.[2H]CC(C)=O.[2H]CC(C)=O. The van der Waals surface area contributed by atoms with Gasteiger partial charge in [-0.3, -0.25) is 0 Å². The third-order valence-electron chi connectivity index (χ3n) is 0.813. The summed E-state index contributed by atoms with van der Waals surface area (Å²) in [6.45, 7) is 8.57. The molecule has 0 spiro atoms. The fourth-order valence-corrected chi connectivity index (χ4v) is 0. The van der Waals surface area contributed by atoms with Crippen LogP contribution in [0.5, 0.6) is 0 Å². The molecule has 0 aromatic rings. The van der Waals surface area contributed by atoms with E-state index in [2.05, 4.69) is 0 Å². The third-order valence-corrected chi connectivity index (χ3v) is 0.813. The van der Waals surface area contributed by atoms with Crippen LogP contribution < -0.4 is 0 Å². The number of rotatable bonds is 2. The molecule has 0 aromatic heterocycles. The minimum absolute atomic E-state index is 0.0741. The lowest BCUT2D eigenvalue weighted by Crippen LogP contribution is -1.80. The Hall–Kier alpha value is -1.32. The fraction of sp³-hybridized carbons (Fsp3) is 0.714. The van der Waals surface area contributed by atoms with E-state index >= 15 is 0 Å². The van der Waals surface area contributed by atoms with Gasteiger partial charge < -0.3 is 19.2 Å². The van der Waals surface area contributed by atoms with Gasteiger partial charge in [-0.1, -0.05) is 13.8 Å². The van der Waals surface area contributed by atoms with Gasteiger partial charge in [-0.25, -0.2) is 0 Å². The first-order valence-electron chi connectivity index (χ1n) is 7.82. The van der Waals surface area contributed by atoms with E-state index in [1.54, 1.807) is 13.8 Å². The molecule has 2 atom stereocenters. The molecule has 0 heterocycles. The summed E-state index contributed by atoms with van der Waals surface area (Å²) in [4.78, 5) is 39.2. The Balaban J connectivity index is -0.0000000986. The van der Waals surface area contributed by atoms with E-state index in [-0.39, 0.29) is 36.9 Å². The standard InChI is InChI=1S/2C4H8O.2C3H6O/c2*1-3-4(2)5;2*1-3(2)4/h2*3H2,1-2H3;2*1-2H3/i2*3D;2*1D. The first kappa shape index (κ1) is 14.7. The van der Waals surface area contributed by atoms with E-state index < -0.39 is 12.8 Å². The monoisotopic (exact) mass is 264 g/mol. The van der Waals surface area contributed by atoms with Crippen molar-refractivity contribution in [3.05, 3.63) is 0 Å². The Morgan fingerprint density at radius 3 is 0.889 bits per heavy atom. The van der Waals surface area contributed by atoms with Crippen LogP contribution >= 0.6 is 0 Å². The summed E-state index contributed by atoms with van der Waals surface area (Å²) >= 11 is 0. The minimum atomic E-state index is -0.537. The van der Waals surface area contributed by atoms with Gasteiger partial charge in [0.25, 0.3) is 0 Å². The first-order valence-corrected chi connectivity index (χ1v) is 5.26. The van der Waals surface area contributed by atoms with Gasteiger partial charge in [-0.05, 0) is 41.5 Å². The molecule has 0 aliphatic carbocycles. The van der Waals surface area contributed by atoms with Crippen molar-refractivity contribution in [2.75, 3.05) is 0 Å². The van der Waals surface area contributed by atoms with E-state index in [9.17, 15) is 19.2 Å². The molecule has 0 saturated heterocycles. The lowest BCUT2D eigenvalue weighted by Gasteiger charge is -1.71. The first-order chi connectivity index (χ1) is 9.83. The molecule has 4 nitrogen and oxygen atoms in total. The normalized spacial score (nSPS) is 13.7. The molecule has 18 heavy (non-hydrogen) atoms. The zero-order valence-electron chi connectivity index (χ0n) is 16.2. The smallest absolute Gasteiger partial charge is 0.129 e. The largest absolute Gasteiger partial charge is 0.300 e. The summed E-state index contributed by atoms with van der Waals surface area (Å²) in [6, 6.07) is 0. The number of carbonyl (C=O) groups is 4. The van der Waals surface area contributed by atoms with Gasteiger partial charge in [-0.15, -0.1) is 0 Å². The van der Waals surface area contributed by atoms with E-state index in [1.807, 2.05) is 0 Å². The van der Waals surface area contributed by atoms with Crippen molar-refractivity contribution in [3.63, 3.8) is 0 Å². The number of ketones is 4. The molecule has 0 aliphatic heterocycles. The highest BCUT2D eigenvalue weighted by molar-refractivity contribution is 5.75.